The Balaban J connectivity index is 1.38. The van der Waals surface area contributed by atoms with Gasteiger partial charge in [0.25, 0.3) is 0 Å². The van der Waals surface area contributed by atoms with E-state index in [2.05, 4.69) is 25.5 Å². The van der Waals surface area contributed by atoms with Gasteiger partial charge in [-0.15, -0.1) is 0 Å². The van der Waals surface area contributed by atoms with Gasteiger partial charge < -0.3 is 9.47 Å². The molecule has 2 N–H and O–H groups in total. The molecular formula is C23H22N6O2S. The van der Waals surface area contributed by atoms with Gasteiger partial charge >= 0.3 is 0 Å². The Morgan fingerprint density at radius 1 is 1.09 bits per heavy atom. The number of aromatic amines is 2. The highest BCUT2D eigenvalue weighted by Crippen LogP contribution is 2.30. The molecule has 0 radical (unpaired) electrons. The first-order valence-corrected chi connectivity index (χ1v) is 10.8. The molecule has 5 rings (SSSR count). The van der Waals surface area contributed by atoms with Crippen LogP contribution in [0, 0.1) is 4.77 Å². The van der Waals surface area contributed by atoms with Gasteiger partial charge in [0, 0.05) is 11.3 Å². The van der Waals surface area contributed by atoms with Crippen LogP contribution in [0.1, 0.15) is 28.8 Å². The lowest BCUT2D eigenvalue weighted by molar-refractivity contribution is 0.284. The van der Waals surface area contributed by atoms with Crippen LogP contribution >= 0.6 is 12.2 Å². The minimum Gasteiger partial charge on any atom is -0.493 e. The molecule has 0 aliphatic heterocycles. The summed E-state index contributed by atoms with van der Waals surface area (Å²) in [5.74, 6) is 1.90. The van der Waals surface area contributed by atoms with Crippen molar-refractivity contribution in [2.45, 2.75) is 25.9 Å². The standard InChI is InChI=1S/C23H22N6O2S/c1-30-20-12-16(10-11-19(20)31-14-15-6-3-2-4-7-15)13-24-29-22(27-28-23(29)32)21-17-8-5-9-18(17)25-26-21/h2-4,6-7,10-13H,5,8-9,14H2,1H3,(H,25,26)(H,28,32)/b24-13+. The number of benzene rings is 2. The molecule has 0 bridgehead atoms. The van der Waals surface area contributed by atoms with Gasteiger partial charge in [-0.05, 0) is 60.8 Å². The van der Waals surface area contributed by atoms with Crippen LogP contribution in [0.5, 0.6) is 11.5 Å². The van der Waals surface area contributed by atoms with Gasteiger partial charge in [0.1, 0.15) is 12.3 Å². The molecule has 0 atom stereocenters. The molecule has 1 aliphatic rings. The predicted molar refractivity (Wildman–Crippen MR) is 124 cm³/mol. The van der Waals surface area contributed by atoms with E-state index in [0.717, 1.165) is 36.1 Å². The van der Waals surface area contributed by atoms with Gasteiger partial charge in [-0.2, -0.15) is 20.0 Å². The number of fused-ring (bicyclic) bond motifs is 1. The van der Waals surface area contributed by atoms with E-state index < -0.39 is 0 Å². The van der Waals surface area contributed by atoms with Crippen molar-refractivity contribution in [3.63, 3.8) is 0 Å². The molecule has 0 saturated heterocycles. The zero-order valence-electron chi connectivity index (χ0n) is 17.5. The molecule has 2 heterocycles. The van der Waals surface area contributed by atoms with Crippen molar-refractivity contribution < 1.29 is 9.47 Å². The van der Waals surface area contributed by atoms with E-state index in [1.807, 2.05) is 48.5 Å². The Hall–Kier alpha value is -3.72. The van der Waals surface area contributed by atoms with E-state index in [1.165, 1.54) is 11.3 Å². The number of aryl methyl sites for hydroxylation is 1. The van der Waals surface area contributed by atoms with Crippen molar-refractivity contribution in [2.75, 3.05) is 7.11 Å². The molecule has 32 heavy (non-hydrogen) atoms. The molecule has 162 valence electrons. The van der Waals surface area contributed by atoms with Crippen LogP contribution in [0.4, 0.5) is 0 Å². The largest absolute Gasteiger partial charge is 0.493 e. The second-order valence-corrected chi connectivity index (χ2v) is 7.86. The van der Waals surface area contributed by atoms with Crippen molar-refractivity contribution >= 4 is 18.4 Å². The van der Waals surface area contributed by atoms with Crippen molar-refractivity contribution in [3.8, 4) is 23.0 Å². The number of ether oxygens (including phenoxy) is 2. The Bertz CT molecular complexity index is 1320. The maximum absolute atomic E-state index is 5.93. The van der Waals surface area contributed by atoms with Crippen LogP contribution in [0.25, 0.3) is 11.5 Å². The van der Waals surface area contributed by atoms with Crippen molar-refractivity contribution in [1.29, 1.82) is 0 Å². The summed E-state index contributed by atoms with van der Waals surface area (Å²) < 4.78 is 13.4. The minimum absolute atomic E-state index is 0.403. The maximum atomic E-state index is 5.93. The van der Waals surface area contributed by atoms with E-state index in [1.54, 1.807) is 18.0 Å². The third kappa shape index (κ3) is 3.94. The van der Waals surface area contributed by atoms with Gasteiger partial charge in [-0.1, -0.05) is 30.3 Å². The van der Waals surface area contributed by atoms with Crippen LogP contribution in [0.2, 0.25) is 0 Å². The quantitative estimate of drug-likeness (QED) is 0.326. The van der Waals surface area contributed by atoms with Crippen molar-refractivity contribution in [2.24, 2.45) is 5.10 Å². The van der Waals surface area contributed by atoms with Gasteiger partial charge in [0.05, 0.1) is 13.3 Å². The van der Waals surface area contributed by atoms with E-state index in [0.29, 0.717) is 28.7 Å². The Morgan fingerprint density at radius 3 is 2.81 bits per heavy atom. The zero-order valence-corrected chi connectivity index (χ0v) is 18.4. The fourth-order valence-corrected chi connectivity index (χ4v) is 3.98. The molecule has 2 aromatic heterocycles. The number of nitrogens with one attached hydrogen (secondary N) is 2. The number of H-pyrrole nitrogens is 2. The lowest BCUT2D eigenvalue weighted by Crippen LogP contribution is -1.99. The first-order valence-electron chi connectivity index (χ1n) is 10.4. The Morgan fingerprint density at radius 2 is 1.97 bits per heavy atom. The van der Waals surface area contributed by atoms with Crippen LogP contribution in [-0.2, 0) is 19.4 Å². The van der Waals surface area contributed by atoms with Crippen LogP contribution < -0.4 is 9.47 Å². The first-order chi connectivity index (χ1) is 15.7. The lowest BCUT2D eigenvalue weighted by Gasteiger charge is -2.11. The van der Waals surface area contributed by atoms with Gasteiger partial charge in [-0.3, -0.25) is 5.10 Å². The predicted octanol–water partition coefficient (Wildman–Crippen LogP) is 4.29. The number of methoxy groups -OCH3 is 1. The number of rotatable bonds is 7. The summed E-state index contributed by atoms with van der Waals surface area (Å²) in [5, 5.41) is 19.3. The van der Waals surface area contributed by atoms with E-state index >= 15 is 0 Å². The Kier molecular flexibility index (Phi) is 5.55. The summed E-state index contributed by atoms with van der Waals surface area (Å²) in [7, 11) is 1.62. The summed E-state index contributed by atoms with van der Waals surface area (Å²) in [5.41, 5.74) is 5.09. The number of aromatic nitrogens is 5. The van der Waals surface area contributed by atoms with Crippen LogP contribution in [0.15, 0.2) is 53.6 Å². The van der Waals surface area contributed by atoms with Gasteiger partial charge in [0.2, 0.25) is 10.6 Å². The fraction of sp³-hybridized carbons (Fsp3) is 0.217. The second-order valence-electron chi connectivity index (χ2n) is 7.48. The molecule has 2 aromatic carbocycles. The average molecular weight is 447 g/mol. The van der Waals surface area contributed by atoms with Gasteiger partial charge in [-0.25, -0.2) is 5.10 Å². The zero-order chi connectivity index (χ0) is 21.9. The first kappa shape index (κ1) is 20.2. The summed E-state index contributed by atoms with van der Waals surface area (Å²) in [4.78, 5) is 0. The number of hydrogen-bond acceptors (Lipinski definition) is 6. The number of hydrogen-bond donors (Lipinski definition) is 2. The summed E-state index contributed by atoms with van der Waals surface area (Å²) >= 11 is 5.39. The fourth-order valence-electron chi connectivity index (χ4n) is 3.80. The summed E-state index contributed by atoms with van der Waals surface area (Å²) in [6.45, 7) is 0.464. The molecule has 1 aliphatic carbocycles. The summed E-state index contributed by atoms with van der Waals surface area (Å²) in [6, 6.07) is 15.7. The highest BCUT2D eigenvalue weighted by Gasteiger charge is 2.23. The third-order valence-corrected chi connectivity index (χ3v) is 5.68. The Labute approximate surface area is 189 Å². The van der Waals surface area contributed by atoms with E-state index in [9.17, 15) is 0 Å². The van der Waals surface area contributed by atoms with Crippen LogP contribution in [-0.4, -0.2) is 38.4 Å². The number of nitrogens with zero attached hydrogens (tertiary/aromatic N) is 4. The SMILES string of the molecule is COc1cc(/C=N/n2c(-c3n[nH]c4c3CCC4)n[nH]c2=S)ccc1OCc1ccccc1. The van der Waals surface area contributed by atoms with Gasteiger partial charge in [0.15, 0.2) is 11.5 Å². The summed E-state index contributed by atoms with van der Waals surface area (Å²) in [6.07, 6.45) is 4.82. The van der Waals surface area contributed by atoms with E-state index in [-0.39, 0.29) is 0 Å². The normalized spacial score (nSPS) is 12.9. The van der Waals surface area contributed by atoms with E-state index in [4.69, 9.17) is 21.7 Å². The molecular weight excluding hydrogens is 424 g/mol. The molecule has 8 nitrogen and oxygen atoms in total. The third-order valence-electron chi connectivity index (χ3n) is 5.42. The monoisotopic (exact) mass is 446 g/mol. The second kappa shape index (κ2) is 8.80. The minimum atomic E-state index is 0.403. The lowest BCUT2D eigenvalue weighted by atomic mass is 10.2. The topological polar surface area (TPSA) is 93.1 Å². The molecule has 9 heteroatoms. The highest BCUT2D eigenvalue weighted by atomic mass is 32.1. The molecule has 0 amide bonds. The van der Waals surface area contributed by atoms with Crippen molar-refractivity contribution in [3.05, 3.63) is 75.7 Å². The average Bonchev–Trinajstić information content (AvgIpc) is 3.53. The van der Waals surface area contributed by atoms with Crippen LogP contribution in [0.3, 0.4) is 0 Å². The molecule has 4 aromatic rings. The highest BCUT2D eigenvalue weighted by molar-refractivity contribution is 7.71. The van der Waals surface area contributed by atoms with Crippen molar-refractivity contribution in [1.82, 2.24) is 25.1 Å². The molecule has 0 unspecified atom stereocenters. The molecule has 0 fully saturated rings. The maximum Gasteiger partial charge on any atom is 0.216 e. The molecule has 0 spiro atoms. The molecule has 0 saturated carbocycles. The smallest absolute Gasteiger partial charge is 0.216 e.